The molecular formula is C11H19NO3. The SMILES string of the molecule is CC(C)OCCCCN1CC(=O)CC1=O. The summed E-state index contributed by atoms with van der Waals surface area (Å²) in [6.45, 7) is 5.73. The van der Waals surface area contributed by atoms with Crippen molar-refractivity contribution in [3.63, 3.8) is 0 Å². The van der Waals surface area contributed by atoms with Crippen molar-refractivity contribution in [2.24, 2.45) is 0 Å². The van der Waals surface area contributed by atoms with Crippen LogP contribution in [0.1, 0.15) is 33.1 Å². The second-order valence-corrected chi connectivity index (χ2v) is 4.16. The molecule has 0 spiro atoms. The normalized spacial score (nSPS) is 16.9. The quantitative estimate of drug-likeness (QED) is 0.488. The van der Waals surface area contributed by atoms with Crippen molar-refractivity contribution in [3.05, 3.63) is 0 Å². The van der Waals surface area contributed by atoms with E-state index in [0.29, 0.717) is 13.1 Å². The molecule has 0 bridgehead atoms. The molecular weight excluding hydrogens is 194 g/mol. The van der Waals surface area contributed by atoms with Gasteiger partial charge in [0.1, 0.15) is 0 Å². The number of ketones is 1. The Labute approximate surface area is 90.6 Å². The van der Waals surface area contributed by atoms with E-state index in [1.807, 2.05) is 13.8 Å². The molecule has 1 heterocycles. The van der Waals surface area contributed by atoms with Gasteiger partial charge in [0.05, 0.1) is 19.1 Å². The summed E-state index contributed by atoms with van der Waals surface area (Å²) in [5, 5.41) is 0. The van der Waals surface area contributed by atoms with Crippen molar-refractivity contribution in [3.8, 4) is 0 Å². The van der Waals surface area contributed by atoms with E-state index in [1.165, 1.54) is 0 Å². The molecule has 1 fully saturated rings. The minimum absolute atomic E-state index is 0.0234. The molecule has 1 aliphatic rings. The molecule has 1 amide bonds. The predicted molar refractivity (Wildman–Crippen MR) is 56.5 cm³/mol. The number of amides is 1. The van der Waals surface area contributed by atoms with Gasteiger partial charge < -0.3 is 9.64 Å². The van der Waals surface area contributed by atoms with Gasteiger partial charge in [-0.25, -0.2) is 0 Å². The number of rotatable bonds is 6. The first-order chi connectivity index (χ1) is 7.09. The number of hydrogen-bond donors (Lipinski definition) is 0. The van der Waals surface area contributed by atoms with Gasteiger partial charge in [-0.15, -0.1) is 0 Å². The molecule has 15 heavy (non-hydrogen) atoms. The first kappa shape index (κ1) is 12.2. The highest BCUT2D eigenvalue weighted by Gasteiger charge is 2.26. The summed E-state index contributed by atoms with van der Waals surface area (Å²) in [5.74, 6) is 0.0169. The van der Waals surface area contributed by atoms with Crippen LogP contribution < -0.4 is 0 Å². The maximum Gasteiger partial charge on any atom is 0.230 e. The summed E-state index contributed by atoms with van der Waals surface area (Å²) in [6, 6.07) is 0. The van der Waals surface area contributed by atoms with E-state index in [-0.39, 0.29) is 24.2 Å². The summed E-state index contributed by atoms with van der Waals surface area (Å²) in [4.78, 5) is 23.8. The number of carbonyl (C=O) groups excluding carboxylic acids is 2. The van der Waals surface area contributed by atoms with E-state index in [1.54, 1.807) is 4.90 Å². The van der Waals surface area contributed by atoms with Crippen LogP contribution in [0.2, 0.25) is 0 Å². The second kappa shape index (κ2) is 5.85. The van der Waals surface area contributed by atoms with E-state index >= 15 is 0 Å². The van der Waals surface area contributed by atoms with Gasteiger partial charge in [0, 0.05) is 13.2 Å². The van der Waals surface area contributed by atoms with Crippen LogP contribution in [0.3, 0.4) is 0 Å². The van der Waals surface area contributed by atoms with Gasteiger partial charge in [0.2, 0.25) is 5.91 Å². The monoisotopic (exact) mass is 213 g/mol. The Hall–Kier alpha value is -0.900. The summed E-state index contributed by atoms with van der Waals surface area (Å²) in [5.41, 5.74) is 0. The number of unbranched alkanes of at least 4 members (excludes halogenated alkanes) is 1. The molecule has 1 rings (SSSR count). The van der Waals surface area contributed by atoms with Crippen molar-refractivity contribution in [2.45, 2.75) is 39.2 Å². The molecule has 0 aromatic carbocycles. The van der Waals surface area contributed by atoms with E-state index in [2.05, 4.69) is 0 Å². The Kier molecular flexibility index (Phi) is 4.75. The fraction of sp³-hybridized carbons (Fsp3) is 0.818. The number of Topliss-reactive ketones (excluding diaryl/α,β-unsaturated/α-hetero) is 1. The van der Waals surface area contributed by atoms with Gasteiger partial charge in [-0.2, -0.15) is 0 Å². The zero-order valence-electron chi connectivity index (χ0n) is 9.49. The van der Waals surface area contributed by atoms with Crippen LogP contribution >= 0.6 is 0 Å². The van der Waals surface area contributed by atoms with E-state index in [9.17, 15) is 9.59 Å². The third-order valence-corrected chi connectivity index (χ3v) is 2.34. The maximum atomic E-state index is 11.2. The molecule has 1 saturated heterocycles. The Morgan fingerprint density at radius 1 is 1.33 bits per heavy atom. The molecule has 0 saturated carbocycles. The van der Waals surface area contributed by atoms with E-state index in [0.717, 1.165) is 19.4 Å². The fourth-order valence-corrected chi connectivity index (χ4v) is 1.56. The molecule has 4 nitrogen and oxygen atoms in total. The van der Waals surface area contributed by atoms with Gasteiger partial charge in [-0.3, -0.25) is 9.59 Å². The van der Waals surface area contributed by atoms with Crippen LogP contribution in [0.15, 0.2) is 0 Å². The highest BCUT2D eigenvalue weighted by molar-refractivity contribution is 6.05. The average molecular weight is 213 g/mol. The van der Waals surface area contributed by atoms with Crippen LogP contribution in [0.25, 0.3) is 0 Å². The summed E-state index contributed by atoms with van der Waals surface area (Å²) < 4.78 is 5.38. The van der Waals surface area contributed by atoms with Gasteiger partial charge >= 0.3 is 0 Å². The maximum absolute atomic E-state index is 11.2. The number of ether oxygens (including phenoxy) is 1. The zero-order valence-corrected chi connectivity index (χ0v) is 9.49. The Morgan fingerprint density at radius 3 is 2.60 bits per heavy atom. The average Bonchev–Trinajstić information content (AvgIpc) is 2.44. The summed E-state index contributed by atoms with van der Waals surface area (Å²) in [7, 11) is 0. The van der Waals surface area contributed by atoms with Crippen molar-refractivity contribution >= 4 is 11.7 Å². The second-order valence-electron chi connectivity index (χ2n) is 4.16. The van der Waals surface area contributed by atoms with Gasteiger partial charge in [-0.1, -0.05) is 0 Å². The van der Waals surface area contributed by atoms with Crippen molar-refractivity contribution in [1.82, 2.24) is 4.90 Å². The minimum Gasteiger partial charge on any atom is -0.379 e. The van der Waals surface area contributed by atoms with Crippen LogP contribution in [0.5, 0.6) is 0 Å². The third-order valence-electron chi connectivity index (χ3n) is 2.34. The first-order valence-electron chi connectivity index (χ1n) is 5.50. The molecule has 0 aliphatic carbocycles. The van der Waals surface area contributed by atoms with Crippen LogP contribution in [-0.2, 0) is 14.3 Å². The molecule has 86 valence electrons. The molecule has 0 atom stereocenters. The highest BCUT2D eigenvalue weighted by Crippen LogP contribution is 2.07. The zero-order chi connectivity index (χ0) is 11.3. The molecule has 0 aromatic heterocycles. The number of hydrogen-bond acceptors (Lipinski definition) is 3. The largest absolute Gasteiger partial charge is 0.379 e. The van der Waals surface area contributed by atoms with E-state index < -0.39 is 0 Å². The minimum atomic E-state index is -0.0234. The Bertz CT molecular complexity index is 238. The Morgan fingerprint density at radius 2 is 2.07 bits per heavy atom. The first-order valence-corrected chi connectivity index (χ1v) is 5.50. The molecule has 1 aliphatic heterocycles. The molecule has 0 radical (unpaired) electrons. The topological polar surface area (TPSA) is 46.6 Å². The highest BCUT2D eigenvalue weighted by atomic mass is 16.5. The van der Waals surface area contributed by atoms with Crippen LogP contribution in [-0.4, -0.2) is 42.4 Å². The van der Waals surface area contributed by atoms with Crippen molar-refractivity contribution in [2.75, 3.05) is 19.7 Å². The number of likely N-dealkylation sites (tertiary alicyclic amines) is 1. The molecule has 0 N–H and O–H groups in total. The Balaban J connectivity index is 2.05. The summed E-state index contributed by atoms with van der Waals surface area (Å²) >= 11 is 0. The van der Waals surface area contributed by atoms with Gasteiger partial charge in [-0.05, 0) is 26.7 Å². The van der Waals surface area contributed by atoms with Crippen molar-refractivity contribution < 1.29 is 14.3 Å². The summed E-state index contributed by atoms with van der Waals surface area (Å²) in [6.07, 6.45) is 2.21. The smallest absolute Gasteiger partial charge is 0.230 e. The lowest BCUT2D eigenvalue weighted by Crippen LogP contribution is -2.26. The lowest BCUT2D eigenvalue weighted by Gasteiger charge is -2.14. The predicted octanol–water partition coefficient (Wildman–Crippen LogP) is 0.993. The van der Waals surface area contributed by atoms with Crippen molar-refractivity contribution in [1.29, 1.82) is 0 Å². The van der Waals surface area contributed by atoms with Gasteiger partial charge in [0.15, 0.2) is 5.78 Å². The third kappa shape index (κ3) is 4.42. The van der Waals surface area contributed by atoms with E-state index in [4.69, 9.17) is 4.74 Å². The standard InChI is InChI=1S/C11H19NO3/c1-9(2)15-6-4-3-5-12-8-10(13)7-11(12)14/h9H,3-8H2,1-2H3. The number of nitrogens with zero attached hydrogens (tertiary/aromatic N) is 1. The fourth-order valence-electron chi connectivity index (χ4n) is 1.56. The number of carbonyl (C=O) groups is 2. The van der Waals surface area contributed by atoms with Crippen LogP contribution in [0.4, 0.5) is 0 Å². The lowest BCUT2D eigenvalue weighted by molar-refractivity contribution is -0.127. The molecule has 0 aromatic rings. The van der Waals surface area contributed by atoms with Crippen LogP contribution in [0, 0.1) is 0 Å². The molecule has 0 unspecified atom stereocenters. The van der Waals surface area contributed by atoms with Gasteiger partial charge in [0.25, 0.3) is 0 Å². The lowest BCUT2D eigenvalue weighted by atomic mass is 10.3. The molecule has 4 heteroatoms.